The molecule has 2 unspecified atom stereocenters. The molecule has 2 amide bonds. The van der Waals surface area contributed by atoms with Gasteiger partial charge in [0.2, 0.25) is 21.8 Å². The number of carboxylic acids is 1. The topological polar surface area (TPSA) is 133 Å². The summed E-state index contributed by atoms with van der Waals surface area (Å²) in [5.74, 6) is -2.25. The Hall–Kier alpha value is -3.24. The van der Waals surface area contributed by atoms with Crippen LogP contribution in [0.3, 0.4) is 0 Å². The van der Waals surface area contributed by atoms with Gasteiger partial charge in [-0.05, 0) is 61.4 Å². The molecule has 198 valence electrons. The Morgan fingerprint density at radius 3 is 2.16 bits per heavy atom. The molecule has 2 atom stereocenters. The van der Waals surface area contributed by atoms with Gasteiger partial charge < -0.3 is 15.7 Å². The molecule has 9 nitrogen and oxygen atoms in total. The van der Waals surface area contributed by atoms with E-state index in [1.54, 1.807) is 56.3 Å². The number of nitrogens with zero attached hydrogens (tertiary/aromatic N) is 1. The van der Waals surface area contributed by atoms with Gasteiger partial charge in [0.1, 0.15) is 12.1 Å². The quantitative estimate of drug-likeness (QED) is 0.459. The van der Waals surface area contributed by atoms with Crippen molar-refractivity contribution in [2.24, 2.45) is 11.8 Å². The summed E-state index contributed by atoms with van der Waals surface area (Å²) in [7, 11) is -3.93. The number of anilines is 1. The number of fused-ring (bicyclic) bond motifs is 3. The molecule has 1 aliphatic carbocycles. The average molecular weight is 528 g/mol. The highest BCUT2D eigenvalue weighted by molar-refractivity contribution is 7.89. The van der Waals surface area contributed by atoms with Gasteiger partial charge in [-0.3, -0.25) is 9.59 Å². The van der Waals surface area contributed by atoms with E-state index in [1.165, 1.54) is 16.4 Å². The van der Waals surface area contributed by atoms with Crippen LogP contribution in [-0.4, -0.2) is 53.7 Å². The van der Waals surface area contributed by atoms with Crippen molar-refractivity contribution in [2.75, 3.05) is 5.32 Å². The van der Waals surface area contributed by atoms with Gasteiger partial charge in [-0.25, -0.2) is 13.2 Å². The number of carbonyl (C=O) groups excluding carboxylic acids is 2. The number of rotatable bonds is 9. The van der Waals surface area contributed by atoms with E-state index in [0.717, 1.165) is 12.8 Å². The standard InChI is InChI=1S/C27H33N3O6S/c1-17(2)25(31)28-20-12-8-18(9-13-20)16-23(27(33)34)29-26(32)24-19-10-14-21(15-11-19)30(24)37(35,36)22-6-4-3-5-7-22/h3-9,12-13,17,19,21,23-24H,10-11,14-16H2,1-2H3,(H,28,31)(H,29,32)(H,33,34). The number of amides is 2. The van der Waals surface area contributed by atoms with Crippen molar-refractivity contribution in [1.29, 1.82) is 0 Å². The summed E-state index contributed by atoms with van der Waals surface area (Å²) in [6, 6.07) is 12.3. The van der Waals surface area contributed by atoms with E-state index in [9.17, 15) is 27.9 Å². The van der Waals surface area contributed by atoms with Crippen molar-refractivity contribution in [3.63, 3.8) is 0 Å². The molecule has 3 aliphatic rings. The van der Waals surface area contributed by atoms with Crippen LogP contribution in [0.15, 0.2) is 59.5 Å². The lowest BCUT2D eigenvalue weighted by Gasteiger charge is -2.49. The summed E-state index contributed by atoms with van der Waals surface area (Å²) < 4.78 is 28.4. The number of piperidine rings is 2. The molecule has 0 aromatic heterocycles. The van der Waals surface area contributed by atoms with Crippen molar-refractivity contribution in [2.45, 2.75) is 69.0 Å². The molecule has 10 heteroatoms. The van der Waals surface area contributed by atoms with Crippen LogP contribution >= 0.6 is 0 Å². The lowest BCUT2D eigenvalue weighted by Crippen LogP contribution is -2.63. The van der Waals surface area contributed by atoms with Crippen LogP contribution < -0.4 is 10.6 Å². The van der Waals surface area contributed by atoms with Crippen LogP contribution in [0.25, 0.3) is 0 Å². The largest absolute Gasteiger partial charge is 0.480 e. The summed E-state index contributed by atoms with van der Waals surface area (Å²) in [5, 5.41) is 15.2. The summed E-state index contributed by atoms with van der Waals surface area (Å²) >= 11 is 0. The van der Waals surface area contributed by atoms with Crippen LogP contribution in [0.2, 0.25) is 0 Å². The Bertz CT molecular complexity index is 1240. The number of hydrogen-bond acceptors (Lipinski definition) is 5. The minimum absolute atomic E-state index is 0.0196. The molecule has 2 aromatic carbocycles. The molecule has 2 heterocycles. The highest BCUT2D eigenvalue weighted by atomic mass is 32.2. The molecule has 2 aliphatic heterocycles. The van der Waals surface area contributed by atoms with E-state index < -0.39 is 34.0 Å². The Kier molecular flexibility index (Phi) is 7.99. The van der Waals surface area contributed by atoms with E-state index in [0.29, 0.717) is 24.1 Å². The predicted octanol–water partition coefficient (Wildman–Crippen LogP) is 3.02. The lowest BCUT2D eigenvalue weighted by molar-refractivity contribution is -0.143. The summed E-state index contributed by atoms with van der Waals surface area (Å²) in [6.07, 6.45) is 2.84. The number of aliphatic carboxylic acids is 1. The van der Waals surface area contributed by atoms with Gasteiger partial charge in [0.15, 0.2) is 0 Å². The molecule has 3 fully saturated rings. The summed E-state index contributed by atoms with van der Waals surface area (Å²) in [4.78, 5) is 37.6. The fraction of sp³-hybridized carbons (Fsp3) is 0.444. The minimum atomic E-state index is -3.93. The highest BCUT2D eigenvalue weighted by Crippen LogP contribution is 2.42. The molecule has 2 aromatic rings. The van der Waals surface area contributed by atoms with E-state index in [4.69, 9.17) is 0 Å². The predicted molar refractivity (Wildman–Crippen MR) is 138 cm³/mol. The number of sulfonamides is 1. The number of benzene rings is 2. The van der Waals surface area contributed by atoms with Crippen LogP contribution in [0.1, 0.15) is 45.1 Å². The third kappa shape index (κ3) is 5.86. The molecule has 0 radical (unpaired) electrons. The number of carbonyl (C=O) groups is 3. The normalized spacial score (nSPS) is 22.4. The van der Waals surface area contributed by atoms with E-state index in [-0.39, 0.29) is 35.1 Å². The van der Waals surface area contributed by atoms with E-state index in [2.05, 4.69) is 10.6 Å². The summed E-state index contributed by atoms with van der Waals surface area (Å²) in [5.41, 5.74) is 1.26. The Balaban J connectivity index is 1.51. The second-order valence-electron chi connectivity index (χ2n) is 10.1. The second kappa shape index (κ2) is 11.0. The van der Waals surface area contributed by atoms with Gasteiger partial charge in [-0.2, -0.15) is 4.31 Å². The molecule has 37 heavy (non-hydrogen) atoms. The third-order valence-electron chi connectivity index (χ3n) is 7.21. The second-order valence-corrected chi connectivity index (χ2v) is 11.9. The Morgan fingerprint density at radius 2 is 1.59 bits per heavy atom. The van der Waals surface area contributed by atoms with Gasteiger partial charge in [0.25, 0.3) is 0 Å². The van der Waals surface area contributed by atoms with Crippen LogP contribution in [0, 0.1) is 11.8 Å². The maximum atomic E-state index is 13.6. The van der Waals surface area contributed by atoms with Crippen LogP contribution in [-0.2, 0) is 30.8 Å². The van der Waals surface area contributed by atoms with Gasteiger partial charge in [0, 0.05) is 24.1 Å². The zero-order chi connectivity index (χ0) is 26.7. The first-order chi connectivity index (χ1) is 17.6. The molecule has 3 N–H and O–H groups in total. The fourth-order valence-corrected chi connectivity index (χ4v) is 7.11. The van der Waals surface area contributed by atoms with Crippen molar-refractivity contribution in [3.8, 4) is 0 Å². The van der Waals surface area contributed by atoms with E-state index >= 15 is 0 Å². The average Bonchev–Trinajstić information content (AvgIpc) is 2.89. The lowest BCUT2D eigenvalue weighted by atomic mass is 9.76. The summed E-state index contributed by atoms with van der Waals surface area (Å²) in [6.45, 7) is 3.57. The van der Waals surface area contributed by atoms with Gasteiger partial charge in [-0.1, -0.05) is 44.2 Å². The van der Waals surface area contributed by atoms with E-state index in [1.807, 2.05) is 0 Å². The number of hydrogen-bond donors (Lipinski definition) is 3. The van der Waals surface area contributed by atoms with Crippen molar-refractivity contribution >= 4 is 33.5 Å². The molecule has 2 bridgehead atoms. The third-order valence-corrected chi connectivity index (χ3v) is 9.16. The molecule has 5 rings (SSSR count). The minimum Gasteiger partial charge on any atom is -0.480 e. The van der Waals surface area contributed by atoms with Gasteiger partial charge in [0.05, 0.1) is 4.90 Å². The van der Waals surface area contributed by atoms with Crippen LogP contribution in [0.5, 0.6) is 0 Å². The Labute approximate surface area is 217 Å². The first-order valence-electron chi connectivity index (χ1n) is 12.6. The number of nitrogens with one attached hydrogen (secondary N) is 2. The van der Waals surface area contributed by atoms with Crippen molar-refractivity contribution in [3.05, 3.63) is 60.2 Å². The zero-order valence-electron chi connectivity index (χ0n) is 21.0. The van der Waals surface area contributed by atoms with Gasteiger partial charge >= 0.3 is 5.97 Å². The molecule has 2 saturated heterocycles. The first kappa shape index (κ1) is 26.8. The molecule has 1 saturated carbocycles. The maximum Gasteiger partial charge on any atom is 0.326 e. The zero-order valence-corrected chi connectivity index (χ0v) is 21.8. The molecule has 0 spiro atoms. The van der Waals surface area contributed by atoms with Crippen molar-refractivity contribution < 1.29 is 27.9 Å². The Morgan fingerprint density at radius 1 is 0.973 bits per heavy atom. The first-order valence-corrected chi connectivity index (χ1v) is 14.0. The van der Waals surface area contributed by atoms with Gasteiger partial charge in [-0.15, -0.1) is 0 Å². The number of carboxylic acid groups (broad SMARTS) is 1. The monoisotopic (exact) mass is 527 g/mol. The van der Waals surface area contributed by atoms with Crippen molar-refractivity contribution in [1.82, 2.24) is 9.62 Å². The fourth-order valence-electron chi connectivity index (χ4n) is 5.20. The molecular weight excluding hydrogens is 494 g/mol. The maximum absolute atomic E-state index is 13.6. The smallest absolute Gasteiger partial charge is 0.326 e. The molecular formula is C27H33N3O6S. The SMILES string of the molecule is CC(C)C(=O)Nc1ccc(CC(NC(=O)C2C3CCC(CC3)N2S(=O)(=O)c2ccccc2)C(=O)O)cc1. The van der Waals surface area contributed by atoms with Crippen LogP contribution in [0.4, 0.5) is 5.69 Å². The highest BCUT2D eigenvalue weighted by Gasteiger charge is 2.51.